The number of halogens is 1. The quantitative estimate of drug-likeness (QED) is 0.912. The van der Waals surface area contributed by atoms with E-state index < -0.39 is 6.10 Å². The van der Waals surface area contributed by atoms with Crippen LogP contribution in [-0.2, 0) is 9.53 Å². The van der Waals surface area contributed by atoms with Gasteiger partial charge in [-0.1, -0.05) is 11.6 Å². The van der Waals surface area contributed by atoms with E-state index in [4.69, 9.17) is 22.1 Å². The Hall–Kier alpha value is -1.69. The van der Waals surface area contributed by atoms with Crippen LogP contribution in [0.1, 0.15) is 12.8 Å². The molecule has 2 atom stereocenters. The van der Waals surface area contributed by atoms with Crippen molar-refractivity contribution in [2.75, 3.05) is 11.9 Å². The third-order valence-electron chi connectivity index (χ3n) is 3.64. The molecule has 2 heterocycles. The highest BCUT2D eigenvalue weighted by Crippen LogP contribution is 2.29. The average molecular weight is 306 g/mol. The van der Waals surface area contributed by atoms with Crippen molar-refractivity contribution in [2.24, 2.45) is 5.73 Å². The normalized spacial score (nSPS) is 21.6. The Labute approximate surface area is 127 Å². The molecule has 0 aliphatic carbocycles. The van der Waals surface area contributed by atoms with E-state index in [2.05, 4.69) is 10.3 Å². The summed E-state index contributed by atoms with van der Waals surface area (Å²) in [5.74, 6) is -0.154. The topological polar surface area (TPSA) is 77.2 Å². The Morgan fingerprint density at radius 1 is 1.43 bits per heavy atom. The molecule has 1 saturated heterocycles. The molecule has 5 nitrogen and oxygen atoms in total. The number of carbonyl (C=O) groups is 1. The molecule has 1 aliphatic rings. The molecular weight excluding hydrogens is 290 g/mol. The smallest absolute Gasteiger partial charge is 0.253 e. The molecule has 3 rings (SSSR count). The molecule has 1 aromatic carbocycles. The lowest BCUT2D eigenvalue weighted by atomic mass is 10.1. The zero-order valence-corrected chi connectivity index (χ0v) is 12.1. The van der Waals surface area contributed by atoms with Crippen LogP contribution in [0.4, 0.5) is 5.69 Å². The Morgan fingerprint density at radius 2 is 2.29 bits per heavy atom. The summed E-state index contributed by atoms with van der Waals surface area (Å²) in [4.78, 5) is 16.5. The first-order valence-corrected chi connectivity index (χ1v) is 7.26. The summed E-state index contributed by atoms with van der Waals surface area (Å²) in [6.07, 6.45) is 2.71. The molecule has 6 heteroatoms. The van der Waals surface area contributed by atoms with Crippen LogP contribution < -0.4 is 11.1 Å². The predicted octanol–water partition coefficient (Wildman–Crippen LogP) is 2.33. The van der Waals surface area contributed by atoms with Crippen LogP contribution in [0.5, 0.6) is 0 Å². The zero-order chi connectivity index (χ0) is 14.8. The van der Waals surface area contributed by atoms with Gasteiger partial charge in [-0.05, 0) is 37.1 Å². The Morgan fingerprint density at radius 3 is 3.05 bits per heavy atom. The van der Waals surface area contributed by atoms with Crippen LogP contribution in [0.2, 0.25) is 5.02 Å². The maximum atomic E-state index is 12.3. The zero-order valence-electron chi connectivity index (χ0n) is 11.4. The highest BCUT2D eigenvalue weighted by molar-refractivity contribution is 6.35. The number of anilines is 1. The summed E-state index contributed by atoms with van der Waals surface area (Å²) >= 11 is 6.12. The van der Waals surface area contributed by atoms with Crippen molar-refractivity contribution in [2.45, 2.75) is 25.0 Å². The minimum atomic E-state index is -0.444. The van der Waals surface area contributed by atoms with Gasteiger partial charge in [0, 0.05) is 18.1 Å². The van der Waals surface area contributed by atoms with Gasteiger partial charge < -0.3 is 15.8 Å². The summed E-state index contributed by atoms with van der Waals surface area (Å²) in [6, 6.07) is 7.19. The summed E-state index contributed by atoms with van der Waals surface area (Å²) < 4.78 is 5.60. The number of ether oxygens (including phenoxy) is 1. The maximum Gasteiger partial charge on any atom is 0.253 e. The third-order valence-corrected chi connectivity index (χ3v) is 3.95. The van der Waals surface area contributed by atoms with Gasteiger partial charge in [0.1, 0.15) is 6.10 Å². The second kappa shape index (κ2) is 5.97. The molecule has 0 spiro atoms. The number of benzene rings is 1. The summed E-state index contributed by atoms with van der Waals surface area (Å²) in [7, 11) is 0. The number of rotatable bonds is 3. The van der Waals surface area contributed by atoms with Gasteiger partial charge in [-0.2, -0.15) is 0 Å². The highest BCUT2D eigenvalue weighted by Gasteiger charge is 2.30. The Kier molecular flexibility index (Phi) is 4.05. The lowest BCUT2D eigenvalue weighted by Gasteiger charge is -2.14. The van der Waals surface area contributed by atoms with Crippen molar-refractivity contribution in [3.05, 3.63) is 35.5 Å². The van der Waals surface area contributed by atoms with Crippen molar-refractivity contribution >= 4 is 34.1 Å². The van der Waals surface area contributed by atoms with Gasteiger partial charge in [-0.15, -0.1) is 0 Å². The molecule has 2 unspecified atom stereocenters. The molecule has 110 valence electrons. The number of pyridine rings is 1. The van der Waals surface area contributed by atoms with Gasteiger partial charge in [0.05, 0.1) is 22.3 Å². The van der Waals surface area contributed by atoms with Crippen molar-refractivity contribution in [1.29, 1.82) is 0 Å². The van der Waals surface area contributed by atoms with E-state index in [9.17, 15) is 4.79 Å². The van der Waals surface area contributed by atoms with Crippen molar-refractivity contribution in [3.8, 4) is 0 Å². The first-order chi connectivity index (χ1) is 10.2. The van der Waals surface area contributed by atoms with Gasteiger partial charge in [-0.3, -0.25) is 9.78 Å². The van der Waals surface area contributed by atoms with E-state index in [-0.39, 0.29) is 12.0 Å². The number of nitrogens with zero attached hydrogens (tertiary/aromatic N) is 1. The van der Waals surface area contributed by atoms with Crippen LogP contribution in [-0.4, -0.2) is 29.6 Å². The van der Waals surface area contributed by atoms with Crippen molar-refractivity contribution in [1.82, 2.24) is 4.98 Å². The third kappa shape index (κ3) is 2.85. The highest BCUT2D eigenvalue weighted by atomic mass is 35.5. The van der Waals surface area contributed by atoms with Crippen LogP contribution >= 0.6 is 11.6 Å². The molecule has 2 aromatic rings. The molecule has 0 saturated carbocycles. The standard InChI is InChI=1S/C15H16ClN3O2/c16-11-4-5-12(10-2-1-7-18-14(10)11)19-15(20)13-6-3-9(8-17)21-13/h1-2,4-5,7,9,13H,3,6,8,17H2,(H,19,20). The van der Waals surface area contributed by atoms with E-state index in [1.54, 1.807) is 18.3 Å². The van der Waals surface area contributed by atoms with E-state index in [1.165, 1.54) is 0 Å². The number of fused-ring (bicyclic) bond motifs is 1. The number of hydrogen-bond acceptors (Lipinski definition) is 4. The van der Waals surface area contributed by atoms with Gasteiger partial charge >= 0.3 is 0 Å². The van der Waals surface area contributed by atoms with Crippen molar-refractivity contribution < 1.29 is 9.53 Å². The van der Waals surface area contributed by atoms with Gasteiger partial charge in [0.15, 0.2) is 0 Å². The second-order valence-electron chi connectivity index (χ2n) is 5.04. The largest absolute Gasteiger partial charge is 0.364 e. The Bertz CT molecular complexity index is 677. The lowest BCUT2D eigenvalue weighted by molar-refractivity contribution is -0.126. The summed E-state index contributed by atoms with van der Waals surface area (Å²) in [5, 5.41) is 4.27. The van der Waals surface area contributed by atoms with Crippen LogP contribution in [0, 0.1) is 0 Å². The first kappa shape index (κ1) is 14.3. The fraction of sp³-hybridized carbons (Fsp3) is 0.333. The minimum Gasteiger partial charge on any atom is -0.364 e. The number of aromatic nitrogens is 1. The molecule has 0 radical (unpaired) electrons. The lowest BCUT2D eigenvalue weighted by Crippen LogP contribution is -2.29. The van der Waals surface area contributed by atoms with Crippen molar-refractivity contribution in [3.63, 3.8) is 0 Å². The maximum absolute atomic E-state index is 12.3. The predicted molar refractivity (Wildman–Crippen MR) is 82.3 cm³/mol. The van der Waals surface area contributed by atoms with E-state index in [1.807, 2.05) is 12.1 Å². The molecule has 21 heavy (non-hydrogen) atoms. The van der Waals surface area contributed by atoms with Crippen LogP contribution in [0.25, 0.3) is 10.9 Å². The Balaban J connectivity index is 1.82. The summed E-state index contributed by atoms with van der Waals surface area (Å²) in [6.45, 7) is 0.442. The number of carbonyl (C=O) groups excluding carboxylic acids is 1. The van der Waals surface area contributed by atoms with E-state index >= 15 is 0 Å². The molecule has 0 bridgehead atoms. The SMILES string of the molecule is NCC1CCC(C(=O)Nc2ccc(Cl)c3ncccc23)O1. The second-order valence-corrected chi connectivity index (χ2v) is 5.45. The minimum absolute atomic E-state index is 0.0237. The molecule has 1 fully saturated rings. The number of nitrogens with two attached hydrogens (primary N) is 1. The van der Waals surface area contributed by atoms with E-state index in [0.29, 0.717) is 29.2 Å². The number of nitrogens with one attached hydrogen (secondary N) is 1. The van der Waals surface area contributed by atoms with Crippen LogP contribution in [0.15, 0.2) is 30.5 Å². The molecular formula is C15H16ClN3O2. The summed E-state index contributed by atoms with van der Waals surface area (Å²) in [5.41, 5.74) is 6.92. The number of amides is 1. The van der Waals surface area contributed by atoms with Crippen LogP contribution in [0.3, 0.4) is 0 Å². The average Bonchev–Trinajstić information content (AvgIpc) is 2.99. The van der Waals surface area contributed by atoms with Gasteiger partial charge in [-0.25, -0.2) is 0 Å². The monoisotopic (exact) mass is 305 g/mol. The molecule has 1 aliphatic heterocycles. The van der Waals surface area contributed by atoms with E-state index in [0.717, 1.165) is 11.8 Å². The van der Waals surface area contributed by atoms with Gasteiger partial charge in [0.25, 0.3) is 5.91 Å². The fourth-order valence-corrected chi connectivity index (χ4v) is 2.75. The fourth-order valence-electron chi connectivity index (χ4n) is 2.53. The molecule has 1 aromatic heterocycles. The molecule has 1 amide bonds. The molecule has 3 N–H and O–H groups in total. The van der Waals surface area contributed by atoms with Gasteiger partial charge in [0.2, 0.25) is 0 Å². The number of hydrogen-bond donors (Lipinski definition) is 2. The first-order valence-electron chi connectivity index (χ1n) is 6.88.